The first kappa shape index (κ1) is 41.8. The Morgan fingerprint density at radius 2 is 1.48 bits per heavy atom. The first-order valence-corrected chi connectivity index (χ1v) is 23.4. The fraction of sp³-hybridized carbons (Fsp3) is 0.326. The van der Waals surface area contributed by atoms with Crippen molar-refractivity contribution in [2.75, 3.05) is 48.7 Å². The van der Waals surface area contributed by atoms with Gasteiger partial charge in [-0.3, -0.25) is 24.7 Å². The molecule has 0 aromatic heterocycles. The van der Waals surface area contributed by atoms with Gasteiger partial charge in [-0.25, -0.2) is 13.1 Å². The van der Waals surface area contributed by atoms with Crippen LogP contribution < -0.4 is 14.9 Å². The number of amides is 1. The molecule has 3 fully saturated rings. The molecule has 0 radical (unpaired) electrons. The van der Waals surface area contributed by atoms with E-state index in [9.17, 15) is 23.3 Å². The Bertz CT molecular complexity index is 2380. The van der Waals surface area contributed by atoms with Crippen LogP contribution in [0, 0.1) is 10.1 Å². The zero-order valence-electron chi connectivity index (χ0n) is 33.3. The van der Waals surface area contributed by atoms with Crippen LogP contribution in [0.5, 0.6) is 0 Å². The molecule has 2 bridgehead atoms. The lowest BCUT2D eigenvalue weighted by Crippen LogP contribution is -2.46. The number of piperazine rings is 1. The van der Waals surface area contributed by atoms with Crippen LogP contribution in [-0.4, -0.2) is 85.7 Å². The van der Waals surface area contributed by atoms with E-state index >= 15 is 0 Å². The number of nitro benzene ring substituents is 1. The number of halogens is 1. The predicted octanol–water partition coefficient (Wildman–Crippen LogP) is 8.95. The maximum absolute atomic E-state index is 14.0. The van der Waals surface area contributed by atoms with Crippen LogP contribution in [0.1, 0.15) is 48.0 Å². The van der Waals surface area contributed by atoms with Gasteiger partial charge in [0.2, 0.25) is 0 Å². The molecule has 5 aromatic carbocycles. The average molecular weight is 866 g/mol. The van der Waals surface area contributed by atoms with Gasteiger partial charge in [-0.1, -0.05) is 72.3 Å². The molecule has 60 heavy (non-hydrogen) atoms. The highest BCUT2D eigenvalue weighted by molar-refractivity contribution is 7.99. The van der Waals surface area contributed by atoms with E-state index in [-0.39, 0.29) is 27.9 Å². The third-order valence-corrected chi connectivity index (χ3v) is 14.8. The summed E-state index contributed by atoms with van der Waals surface area (Å²) in [6.45, 7) is 4.90. The number of para-hydroxylation sites is 1. The highest BCUT2D eigenvalue weighted by atomic mass is 35.5. The van der Waals surface area contributed by atoms with Crippen LogP contribution in [0.4, 0.5) is 17.1 Å². The summed E-state index contributed by atoms with van der Waals surface area (Å²) in [4.78, 5) is 33.3. The number of carbonyl (C=O) groups is 1. The van der Waals surface area contributed by atoms with E-state index in [4.69, 9.17) is 11.6 Å². The Hall–Kier alpha value is -4.92. The SMILES string of the molecule is O=C(NS(=O)(=O)c1cccc([N+](=O)[O-])c1N[C@H](CCN1C2CCC1CC2)CSc1ccccc1)c1ccc(N2CCN(Cc3ccccc3-c3ccc(Cl)cc3)CC2)cc1. The average Bonchev–Trinajstić information content (AvgIpc) is 3.85. The van der Waals surface area contributed by atoms with Gasteiger partial charge >= 0.3 is 0 Å². The number of hydrogen-bond donors (Lipinski definition) is 2. The summed E-state index contributed by atoms with van der Waals surface area (Å²) >= 11 is 7.75. The van der Waals surface area contributed by atoms with Gasteiger partial charge < -0.3 is 10.2 Å². The summed E-state index contributed by atoms with van der Waals surface area (Å²) in [5, 5.41) is 16.4. The van der Waals surface area contributed by atoms with Gasteiger partial charge in [0.05, 0.1) is 4.92 Å². The van der Waals surface area contributed by atoms with Crippen LogP contribution >= 0.6 is 23.4 Å². The van der Waals surface area contributed by atoms with Crippen LogP contribution in [0.2, 0.25) is 5.02 Å². The number of rotatable bonds is 16. The van der Waals surface area contributed by atoms with Crippen LogP contribution in [0.15, 0.2) is 131 Å². The van der Waals surface area contributed by atoms with E-state index < -0.39 is 20.9 Å². The number of anilines is 2. The number of fused-ring (bicyclic) bond motifs is 2. The molecular weight excluding hydrogens is 816 g/mol. The van der Waals surface area contributed by atoms with Gasteiger partial charge in [-0.2, -0.15) is 0 Å². The number of hydrogen-bond acceptors (Lipinski definition) is 10. The molecule has 5 aromatic rings. The Kier molecular flexibility index (Phi) is 13.1. The molecule has 0 unspecified atom stereocenters. The summed E-state index contributed by atoms with van der Waals surface area (Å²) < 4.78 is 30.2. The summed E-state index contributed by atoms with van der Waals surface area (Å²) in [5.41, 5.74) is 4.18. The molecule has 0 aliphatic carbocycles. The summed E-state index contributed by atoms with van der Waals surface area (Å²) in [5.74, 6) is -0.256. The lowest BCUT2D eigenvalue weighted by Gasteiger charge is -2.36. The predicted molar refractivity (Wildman–Crippen MR) is 241 cm³/mol. The maximum atomic E-state index is 14.0. The van der Waals surface area contributed by atoms with Gasteiger partial charge in [-0.05, 0) is 103 Å². The Labute approximate surface area is 361 Å². The van der Waals surface area contributed by atoms with Crippen LogP contribution in [0.25, 0.3) is 11.1 Å². The summed E-state index contributed by atoms with van der Waals surface area (Å²) in [6.07, 6.45) is 5.43. The molecule has 1 amide bonds. The normalized spacial score (nSPS) is 18.6. The van der Waals surface area contributed by atoms with E-state index in [1.54, 1.807) is 23.9 Å². The van der Waals surface area contributed by atoms with Crippen molar-refractivity contribution in [1.29, 1.82) is 0 Å². The number of carbonyl (C=O) groups excluding carboxylic acids is 1. The molecule has 14 heteroatoms. The van der Waals surface area contributed by atoms with Crippen molar-refractivity contribution in [2.24, 2.45) is 0 Å². The minimum Gasteiger partial charge on any atom is -0.375 e. The van der Waals surface area contributed by atoms with Crippen LogP contribution in [0.3, 0.4) is 0 Å². The molecular formula is C46H49ClN6O5S2. The second-order valence-electron chi connectivity index (χ2n) is 15.8. The van der Waals surface area contributed by atoms with Crippen molar-refractivity contribution < 1.29 is 18.1 Å². The Balaban J connectivity index is 0.924. The topological polar surface area (TPSA) is 128 Å². The molecule has 312 valence electrons. The van der Waals surface area contributed by atoms with Crippen molar-refractivity contribution in [2.45, 2.75) is 66.6 Å². The molecule has 3 saturated heterocycles. The van der Waals surface area contributed by atoms with Crippen LogP contribution in [-0.2, 0) is 16.6 Å². The van der Waals surface area contributed by atoms with Crippen molar-refractivity contribution >= 4 is 56.4 Å². The summed E-state index contributed by atoms with van der Waals surface area (Å²) in [7, 11) is -4.54. The number of thioether (sulfide) groups is 1. The second-order valence-corrected chi connectivity index (χ2v) is 19.0. The van der Waals surface area contributed by atoms with Crippen molar-refractivity contribution in [3.8, 4) is 11.1 Å². The highest BCUT2D eigenvalue weighted by Gasteiger charge is 2.39. The number of sulfonamides is 1. The molecule has 1 atom stereocenters. The zero-order valence-corrected chi connectivity index (χ0v) is 35.7. The molecule has 8 rings (SSSR count). The van der Waals surface area contributed by atoms with Crippen molar-refractivity contribution in [3.05, 3.63) is 148 Å². The van der Waals surface area contributed by atoms with Gasteiger partial charge in [0.25, 0.3) is 21.6 Å². The smallest absolute Gasteiger partial charge is 0.293 e. The molecule has 3 aliphatic rings. The van der Waals surface area contributed by atoms with Gasteiger partial charge in [-0.15, -0.1) is 11.8 Å². The first-order valence-electron chi connectivity index (χ1n) is 20.6. The fourth-order valence-electron chi connectivity index (χ4n) is 8.88. The molecule has 0 saturated carbocycles. The van der Waals surface area contributed by atoms with Gasteiger partial charge in [0.15, 0.2) is 0 Å². The standard InChI is InChI=1S/C46H49ClN6O5S2/c47-36-17-13-33(14-18-36)42-10-5-4-7-35(42)31-50-27-29-51(30-28-50)38-19-15-34(16-20-38)46(54)49-60(57,58)44-12-6-11-43(53(55)56)45(44)48-37(32-59-41-8-2-1-3-9-41)25-26-52-39-21-22-40(52)24-23-39/h1-20,37,39-40,48H,21-32H2,(H,49,54)/t37-,39?,40?/m1/s1. The second kappa shape index (κ2) is 18.8. The molecule has 2 N–H and O–H groups in total. The number of benzene rings is 5. The summed E-state index contributed by atoms with van der Waals surface area (Å²) in [6, 6.07) is 37.9. The molecule has 11 nitrogen and oxygen atoms in total. The Morgan fingerprint density at radius 3 is 2.17 bits per heavy atom. The molecule has 0 spiro atoms. The minimum absolute atomic E-state index is 0.117. The number of nitrogens with one attached hydrogen (secondary N) is 2. The third kappa shape index (κ3) is 9.82. The fourth-order valence-corrected chi connectivity index (χ4v) is 11.2. The highest BCUT2D eigenvalue weighted by Crippen LogP contribution is 2.38. The quantitative estimate of drug-likeness (QED) is 0.0564. The maximum Gasteiger partial charge on any atom is 0.293 e. The van der Waals surface area contributed by atoms with E-state index in [0.29, 0.717) is 29.3 Å². The van der Waals surface area contributed by atoms with Gasteiger partial charge in [0.1, 0.15) is 10.6 Å². The van der Waals surface area contributed by atoms with E-state index in [1.807, 2.05) is 66.7 Å². The van der Waals surface area contributed by atoms with E-state index in [1.165, 1.54) is 55.0 Å². The van der Waals surface area contributed by atoms with E-state index in [0.717, 1.165) is 55.4 Å². The van der Waals surface area contributed by atoms with Crippen molar-refractivity contribution in [3.63, 3.8) is 0 Å². The number of nitrogens with zero attached hydrogens (tertiary/aromatic N) is 4. The lowest BCUT2D eigenvalue weighted by molar-refractivity contribution is -0.384. The monoisotopic (exact) mass is 864 g/mol. The lowest BCUT2D eigenvalue weighted by atomic mass is 9.99. The molecule has 3 heterocycles. The largest absolute Gasteiger partial charge is 0.375 e. The molecule has 3 aliphatic heterocycles. The van der Waals surface area contributed by atoms with E-state index in [2.05, 4.69) is 49.0 Å². The first-order chi connectivity index (χ1) is 29.1. The number of nitro groups is 1. The Morgan fingerprint density at radius 1 is 0.817 bits per heavy atom. The zero-order chi connectivity index (χ0) is 41.6. The minimum atomic E-state index is -4.54. The third-order valence-electron chi connectivity index (χ3n) is 12.0. The van der Waals surface area contributed by atoms with Gasteiger partial charge in [0, 0.05) is 90.4 Å². The van der Waals surface area contributed by atoms with Crippen molar-refractivity contribution in [1.82, 2.24) is 14.5 Å².